The van der Waals surface area contributed by atoms with E-state index < -0.39 is 0 Å². The summed E-state index contributed by atoms with van der Waals surface area (Å²) in [5.41, 5.74) is 0.704. The quantitative estimate of drug-likeness (QED) is 0.678. The van der Waals surface area contributed by atoms with Crippen LogP contribution in [0.4, 0.5) is 0 Å². The predicted molar refractivity (Wildman–Crippen MR) is 110 cm³/mol. The molecule has 3 atom stereocenters. The molecule has 3 aromatic heterocycles. The Labute approximate surface area is 173 Å². The van der Waals surface area contributed by atoms with Gasteiger partial charge in [0.2, 0.25) is 0 Å². The van der Waals surface area contributed by atoms with Gasteiger partial charge in [-0.2, -0.15) is 0 Å². The molecule has 0 radical (unpaired) electrons. The van der Waals surface area contributed by atoms with Crippen molar-refractivity contribution in [2.75, 3.05) is 0 Å². The second-order valence-corrected chi connectivity index (χ2v) is 9.44. The highest BCUT2D eigenvalue weighted by molar-refractivity contribution is 7.99. The molecule has 8 nitrogen and oxygen atoms in total. The summed E-state index contributed by atoms with van der Waals surface area (Å²) >= 11 is 1.76. The minimum Gasteiger partial charge on any atom is -0.507 e. The lowest BCUT2D eigenvalue weighted by Crippen LogP contribution is -2.57. The third-order valence-electron chi connectivity index (χ3n) is 5.76. The number of imidazole rings is 1. The van der Waals surface area contributed by atoms with Gasteiger partial charge in [-0.15, -0.1) is 10.2 Å². The monoisotopic (exact) mass is 409 g/mol. The Balaban J connectivity index is 1.30. The molecule has 0 aromatic carbocycles. The normalized spacial score (nSPS) is 26.4. The molecular weight excluding hydrogens is 386 g/mol. The Hall–Kier alpha value is -2.52. The van der Waals surface area contributed by atoms with Gasteiger partial charge < -0.3 is 10.4 Å². The van der Waals surface area contributed by atoms with Crippen LogP contribution in [0.5, 0.6) is 5.75 Å². The zero-order valence-electron chi connectivity index (χ0n) is 16.2. The van der Waals surface area contributed by atoms with Gasteiger partial charge in [-0.05, 0) is 32.6 Å². The fourth-order valence-electron chi connectivity index (χ4n) is 4.46. The van der Waals surface area contributed by atoms with Crippen LogP contribution in [-0.2, 0) is 0 Å². The highest BCUT2D eigenvalue weighted by Crippen LogP contribution is 2.40. The molecular formula is C20H23N7OS. The molecule has 2 aliphatic heterocycles. The van der Waals surface area contributed by atoms with Crippen molar-refractivity contribution in [1.82, 2.24) is 35.0 Å². The van der Waals surface area contributed by atoms with Crippen LogP contribution in [0.15, 0.2) is 42.2 Å². The van der Waals surface area contributed by atoms with Crippen molar-refractivity contribution < 1.29 is 5.11 Å². The fraction of sp³-hybridized carbons (Fsp3) is 0.450. The highest BCUT2D eigenvalue weighted by Gasteiger charge is 2.39. The van der Waals surface area contributed by atoms with E-state index in [0.29, 0.717) is 28.5 Å². The molecule has 5 heterocycles. The second-order valence-electron chi connectivity index (χ2n) is 8.12. The Kier molecular flexibility index (Phi) is 4.71. The average molecular weight is 410 g/mol. The molecule has 5 rings (SSSR count). The lowest BCUT2D eigenvalue weighted by Gasteiger charge is -2.47. The number of rotatable bonds is 4. The van der Waals surface area contributed by atoms with Crippen LogP contribution in [0.3, 0.4) is 0 Å². The number of fused-ring (bicyclic) bond motifs is 2. The summed E-state index contributed by atoms with van der Waals surface area (Å²) < 4.78 is 1.72. The first kappa shape index (κ1) is 18.5. The van der Waals surface area contributed by atoms with E-state index in [1.165, 1.54) is 19.3 Å². The number of piperidine rings is 2. The molecule has 2 bridgehead atoms. The molecule has 2 N–H and O–H groups in total. The first-order valence-electron chi connectivity index (χ1n) is 9.90. The number of nitrogens with zero attached hydrogens (tertiary/aromatic N) is 6. The van der Waals surface area contributed by atoms with Crippen molar-refractivity contribution >= 4 is 11.8 Å². The first-order chi connectivity index (χ1) is 14.1. The number of thioether (sulfide) groups is 1. The van der Waals surface area contributed by atoms with Crippen LogP contribution in [-0.4, -0.2) is 51.7 Å². The largest absolute Gasteiger partial charge is 0.507 e. The van der Waals surface area contributed by atoms with E-state index in [0.717, 1.165) is 17.9 Å². The van der Waals surface area contributed by atoms with Crippen LogP contribution < -0.4 is 5.32 Å². The van der Waals surface area contributed by atoms with Crippen molar-refractivity contribution in [2.24, 2.45) is 0 Å². The van der Waals surface area contributed by atoms with Gasteiger partial charge in [0.05, 0.1) is 11.8 Å². The van der Waals surface area contributed by atoms with Gasteiger partial charge in [-0.3, -0.25) is 4.57 Å². The van der Waals surface area contributed by atoms with Gasteiger partial charge in [-0.25, -0.2) is 15.0 Å². The van der Waals surface area contributed by atoms with Crippen molar-refractivity contribution in [3.05, 3.63) is 37.2 Å². The summed E-state index contributed by atoms with van der Waals surface area (Å²) in [7, 11) is 0. The summed E-state index contributed by atoms with van der Waals surface area (Å²) in [5, 5.41) is 24.1. The van der Waals surface area contributed by atoms with Crippen molar-refractivity contribution in [2.45, 2.75) is 60.9 Å². The first-order valence-corrected chi connectivity index (χ1v) is 10.8. The summed E-state index contributed by atoms with van der Waals surface area (Å²) in [6.45, 7) is 2.34. The summed E-state index contributed by atoms with van der Waals surface area (Å²) in [4.78, 5) is 12.8. The summed E-state index contributed by atoms with van der Waals surface area (Å²) in [5.74, 6) is 1.00. The number of aromatic hydroxyl groups is 1. The molecule has 2 saturated heterocycles. The standard InChI is InChI=1S/C20H23N7OS/c1-20-4-2-3-13(24-20)7-14(9-20)29-18-11-23-19(26-25-18)15-10-22-17(8-16(15)28)27-6-5-21-12-27/h5-6,8,10-14,24H,2-4,7,9H2,1H3,(H,22,28)/t13?,14-,20+/m1/s1. The van der Waals surface area contributed by atoms with Gasteiger partial charge >= 0.3 is 0 Å². The second kappa shape index (κ2) is 7.38. The van der Waals surface area contributed by atoms with Crippen LogP contribution in [0.2, 0.25) is 0 Å². The van der Waals surface area contributed by atoms with Crippen molar-refractivity contribution in [3.63, 3.8) is 0 Å². The van der Waals surface area contributed by atoms with Crippen LogP contribution in [0.1, 0.15) is 39.0 Å². The smallest absolute Gasteiger partial charge is 0.187 e. The maximum absolute atomic E-state index is 10.4. The number of aromatic nitrogens is 6. The topological polar surface area (TPSA) is 102 Å². The third-order valence-corrected chi connectivity index (χ3v) is 6.89. The minimum absolute atomic E-state index is 0.0602. The predicted octanol–water partition coefficient (Wildman–Crippen LogP) is 2.98. The van der Waals surface area contributed by atoms with E-state index >= 15 is 0 Å². The van der Waals surface area contributed by atoms with Crippen LogP contribution in [0.25, 0.3) is 17.2 Å². The molecule has 29 heavy (non-hydrogen) atoms. The molecule has 0 aliphatic carbocycles. The zero-order chi connectivity index (χ0) is 19.8. The molecule has 0 spiro atoms. The lowest BCUT2D eigenvalue weighted by atomic mass is 9.77. The molecule has 2 fully saturated rings. The highest BCUT2D eigenvalue weighted by atomic mass is 32.2. The molecule has 2 aliphatic rings. The summed E-state index contributed by atoms with van der Waals surface area (Å²) in [6.07, 6.45) is 14.5. The molecule has 0 amide bonds. The number of nitrogens with one attached hydrogen (secondary N) is 1. The lowest BCUT2D eigenvalue weighted by molar-refractivity contribution is 0.163. The Morgan fingerprint density at radius 3 is 2.93 bits per heavy atom. The molecule has 150 valence electrons. The SMILES string of the molecule is C[C@]12CCCC(C[C@@H](Sc3cnc(-c4cnc(-n5ccnc5)cc4O)nn3)C1)N2. The molecule has 9 heteroatoms. The third kappa shape index (κ3) is 3.84. The number of hydrogen-bond donors (Lipinski definition) is 2. The molecule has 0 saturated carbocycles. The Morgan fingerprint density at radius 1 is 1.28 bits per heavy atom. The Morgan fingerprint density at radius 2 is 2.21 bits per heavy atom. The van der Waals surface area contributed by atoms with Crippen LogP contribution >= 0.6 is 11.8 Å². The van der Waals surface area contributed by atoms with Gasteiger partial charge in [0.25, 0.3) is 0 Å². The van der Waals surface area contributed by atoms with Gasteiger partial charge in [0.15, 0.2) is 5.82 Å². The Bertz CT molecular complexity index is 995. The number of pyridine rings is 1. The summed E-state index contributed by atoms with van der Waals surface area (Å²) in [6, 6.07) is 2.18. The van der Waals surface area contributed by atoms with Gasteiger partial charge in [-0.1, -0.05) is 18.2 Å². The van der Waals surface area contributed by atoms with E-state index in [1.807, 2.05) is 0 Å². The van der Waals surface area contributed by atoms with Gasteiger partial charge in [0.1, 0.15) is 22.9 Å². The van der Waals surface area contributed by atoms with Crippen molar-refractivity contribution in [3.8, 4) is 23.0 Å². The molecule has 1 unspecified atom stereocenters. The van der Waals surface area contributed by atoms with Crippen molar-refractivity contribution in [1.29, 1.82) is 0 Å². The molecule has 3 aromatic rings. The van der Waals surface area contributed by atoms with E-state index in [4.69, 9.17) is 0 Å². The van der Waals surface area contributed by atoms with E-state index in [1.54, 1.807) is 53.5 Å². The maximum atomic E-state index is 10.4. The maximum Gasteiger partial charge on any atom is 0.187 e. The van der Waals surface area contributed by atoms with E-state index in [2.05, 4.69) is 37.4 Å². The van der Waals surface area contributed by atoms with Crippen LogP contribution in [0, 0.1) is 0 Å². The minimum atomic E-state index is 0.0602. The zero-order valence-corrected chi connectivity index (χ0v) is 17.0. The number of hydrogen-bond acceptors (Lipinski definition) is 8. The van der Waals surface area contributed by atoms with Gasteiger partial charge in [0, 0.05) is 41.5 Å². The van der Waals surface area contributed by atoms with E-state index in [9.17, 15) is 5.11 Å². The average Bonchev–Trinajstić information content (AvgIpc) is 3.23. The fourth-order valence-corrected chi connectivity index (χ4v) is 5.78. The van der Waals surface area contributed by atoms with E-state index in [-0.39, 0.29) is 11.3 Å².